The third kappa shape index (κ3) is 3.93. The van der Waals surface area contributed by atoms with Crippen molar-refractivity contribution in [2.45, 2.75) is 6.42 Å². The maximum Gasteiger partial charge on any atom is 0.269 e. The van der Waals surface area contributed by atoms with Crippen LogP contribution in [0.2, 0.25) is 0 Å². The van der Waals surface area contributed by atoms with Crippen LogP contribution in [-0.4, -0.2) is 21.6 Å². The molecule has 2 aromatic rings. The third-order valence-electron chi connectivity index (χ3n) is 2.67. The number of nitro benzene ring substituents is 1. The predicted molar refractivity (Wildman–Crippen MR) is 74.9 cm³/mol. The zero-order valence-electron chi connectivity index (χ0n) is 10.9. The highest BCUT2D eigenvalue weighted by molar-refractivity contribution is 6.10. The lowest BCUT2D eigenvalue weighted by Gasteiger charge is -2.04. The first kappa shape index (κ1) is 14.3. The molecule has 0 spiro atoms. The van der Waals surface area contributed by atoms with Crippen LogP contribution in [0.1, 0.15) is 16.8 Å². The number of non-ortho nitro benzene ring substituents is 1. The molecular formula is C14H11N3O4. The molecule has 2 rings (SSSR count). The Balaban J connectivity index is 1.95. The Morgan fingerprint density at radius 3 is 2.48 bits per heavy atom. The number of aromatic nitrogens is 1. The topological polar surface area (TPSA) is 102 Å². The van der Waals surface area contributed by atoms with Crippen LogP contribution in [0.5, 0.6) is 0 Å². The highest BCUT2D eigenvalue weighted by Crippen LogP contribution is 2.15. The first-order chi connectivity index (χ1) is 10.1. The van der Waals surface area contributed by atoms with Crippen molar-refractivity contribution >= 4 is 23.1 Å². The van der Waals surface area contributed by atoms with Crippen molar-refractivity contribution in [2.75, 3.05) is 5.32 Å². The summed E-state index contributed by atoms with van der Waals surface area (Å²) < 4.78 is 0. The fraction of sp³-hybridized carbons (Fsp3) is 0.0714. The van der Waals surface area contributed by atoms with E-state index in [1.54, 1.807) is 12.1 Å². The number of ketones is 1. The molecule has 0 saturated heterocycles. The fourth-order valence-corrected chi connectivity index (χ4v) is 1.65. The minimum absolute atomic E-state index is 0.0700. The summed E-state index contributed by atoms with van der Waals surface area (Å²) in [4.78, 5) is 37.3. The molecule has 0 fully saturated rings. The number of carbonyl (C=O) groups excluding carboxylic acids is 2. The molecule has 0 aliphatic heterocycles. The van der Waals surface area contributed by atoms with Crippen molar-refractivity contribution in [3.63, 3.8) is 0 Å². The molecular weight excluding hydrogens is 274 g/mol. The lowest BCUT2D eigenvalue weighted by Crippen LogP contribution is -2.16. The molecule has 1 amide bonds. The van der Waals surface area contributed by atoms with Crippen LogP contribution in [0.4, 0.5) is 11.4 Å². The molecule has 106 valence electrons. The Kier molecular flexibility index (Phi) is 4.35. The summed E-state index contributed by atoms with van der Waals surface area (Å²) >= 11 is 0. The predicted octanol–water partition coefficient (Wildman–Crippen LogP) is 2.20. The molecule has 0 atom stereocenters. The van der Waals surface area contributed by atoms with Gasteiger partial charge in [-0.2, -0.15) is 0 Å². The van der Waals surface area contributed by atoms with Crippen LogP contribution in [0.15, 0.2) is 48.8 Å². The number of hydrogen-bond acceptors (Lipinski definition) is 5. The third-order valence-corrected chi connectivity index (χ3v) is 2.67. The first-order valence-corrected chi connectivity index (χ1v) is 6.04. The maximum atomic E-state index is 11.8. The standard InChI is InChI=1S/C14H11N3O4/c18-13(10-2-1-7-15-9-10)8-14(19)16-11-3-5-12(6-4-11)17(20)21/h1-7,9H,8H2,(H,16,19). The maximum absolute atomic E-state index is 11.8. The van der Waals surface area contributed by atoms with E-state index in [1.807, 2.05) is 0 Å². The van der Waals surface area contributed by atoms with Gasteiger partial charge in [-0.15, -0.1) is 0 Å². The number of nitro groups is 1. The largest absolute Gasteiger partial charge is 0.326 e. The number of benzene rings is 1. The van der Waals surface area contributed by atoms with Crippen LogP contribution in [-0.2, 0) is 4.79 Å². The highest BCUT2D eigenvalue weighted by atomic mass is 16.6. The Morgan fingerprint density at radius 1 is 1.19 bits per heavy atom. The summed E-state index contributed by atoms with van der Waals surface area (Å²) in [5.74, 6) is -0.833. The number of anilines is 1. The summed E-state index contributed by atoms with van der Waals surface area (Å²) in [5.41, 5.74) is 0.681. The average Bonchev–Trinajstić information content (AvgIpc) is 2.48. The minimum Gasteiger partial charge on any atom is -0.326 e. The van der Waals surface area contributed by atoms with Gasteiger partial charge in [0.15, 0.2) is 5.78 Å². The quantitative estimate of drug-likeness (QED) is 0.392. The molecule has 7 nitrogen and oxygen atoms in total. The van der Waals surface area contributed by atoms with E-state index < -0.39 is 10.8 Å². The van der Waals surface area contributed by atoms with Gasteiger partial charge in [-0.1, -0.05) is 0 Å². The summed E-state index contributed by atoms with van der Waals surface area (Å²) in [6.45, 7) is 0. The number of nitrogens with one attached hydrogen (secondary N) is 1. The first-order valence-electron chi connectivity index (χ1n) is 6.04. The van der Waals surface area contributed by atoms with E-state index in [1.165, 1.54) is 36.7 Å². The molecule has 7 heteroatoms. The minimum atomic E-state index is -0.530. The van der Waals surface area contributed by atoms with Crippen LogP contribution < -0.4 is 5.32 Å². The van der Waals surface area contributed by atoms with Crippen molar-refractivity contribution < 1.29 is 14.5 Å². The van der Waals surface area contributed by atoms with Gasteiger partial charge >= 0.3 is 0 Å². The van der Waals surface area contributed by atoms with Crippen molar-refractivity contribution in [2.24, 2.45) is 0 Å². The van der Waals surface area contributed by atoms with Gasteiger partial charge in [-0.3, -0.25) is 24.7 Å². The van der Waals surface area contributed by atoms with E-state index in [0.717, 1.165) is 0 Å². The molecule has 0 aliphatic rings. The molecule has 1 N–H and O–H groups in total. The Bertz CT molecular complexity index is 668. The normalized spacial score (nSPS) is 9.90. The van der Waals surface area contributed by atoms with E-state index in [4.69, 9.17) is 0 Å². The van der Waals surface area contributed by atoms with Gasteiger partial charge in [-0.05, 0) is 24.3 Å². The Labute approximate surface area is 119 Å². The number of rotatable bonds is 5. The smallest absolute Gasteiger partial charge is 0.269 e. The number of pyridine rings is 1. The second-order valence-corrected chi connectivity index (χ2v) is 4.19. The SMILES string of the molecule is O=C(CC(=O)c1cccnc1)Nc1ccc([N+](=O)[O-])cc1. The van der Waals surface area contributed by atoms with Gasteiger partial charge in [0.2, 0.25) is 5.91 Å². The molecule has 0 saturated carbocycles. The van der Waals surface area contributed by atoms with Crippen LogP contribution in [0.25, 0.3) is 0 Å². The molecule has 21 heavy (non-hydrogen) atoms. The van der Waals surface area contributed by atoms with E-state index in [2.05, 4.69) is 10.3 Å². The Morgan fingerprint density at radius 2 is 1.90 bits per heavy atom. The van der Waals surface area contributed by atoms with E-state index in [0.29, 0.717) is 11.3 Å². The van der Waals surface area contributed by atoms with Crippen molar-refractivity contribution in [1.29, 1.82) is 0 Å². The fourth-order valence-electron chi connectivity index (χ4n) is 1.65. The van der Waals surface area contributed by atoms with Gasteiger partial charge in [0, 0.05) is 35.8 Å². The highest BCUT2D eigenvalue weighted by Gasteiger charge is 2.12. The van der Waals surface area contributed by atoms with Crippen LogP contribution >= 0.6 is 0 Å². The number of carbonyl (C=O) groups is 2. The van der Waals surface area contributed by atoms with Gasteiger partial charge in [-0.25, -0.2) is 0 Å². The second kappa shape index (κ2) is 6.38. The van der Waals surface area contributed by atoms with Crippen LogP contribution in [0, 0.1) is 10.1 Å². The average molecular weight is 285 g/mol. The zero-order chi connectivity index (χ0) is 15.2. The van der Waals surface area contributed by atoms with E-state index in [9.17, 15) is 19.7 Å². The summed E-state index contributed by atoms with van der Waals surface area (Å²) in [7, 11) is 0. The summed E-state index contributed by atoms with van der Waals surface area (Å²) in [6, 6.07) is 8.56. The monoisotopic (exact) mass is 285 g/mol. The summed E-state index contributed by atoms with van der Waals surface area (Å²) in [6.07, 6.45) is 2.61. The molecule has 0 aliphatic carbocycles. The molecule has 1 aromatic heterocycles. The molecule has 1 aromatic carbocycles. The van der Waals surface area contributed by atoms with Gasteiger partial charge < -0.3 is 5.32 Å². The number of amides is 1. The van der Waals surface area contributed by atoms with Crippen molar-refractivity contribution in [1.82, 2.24) is 4.98 Å². The summed E-state index contributed by atoms with van der Waals surface area (Å²) in [5, 5.41) is 13.0. The van der Waals surface area contributed by atoms with E-state index in [-0.39, 0.29) is 17.9 Å². The zero-order valence-corrected chi connectivity index (χ0v) is 10.9. The second-order valence-electron chi connectivity index (χ2n) is 4.19. The van der Waals surface area contributed by atoms with Crippen molar-refractivity contribution in [3.05, 3.63) is 64.5 Å². The van der Waals surface area contributed by atoms with Gasteiger partial charge in [0.1, 0.15) is 0 Å². The molecule has 0 radical (unpaired) electrons. The van der Waals surface area contributed by atoms with Crippen LogP contribution in [0.3, 0.4) is 0 Å². The number of nitrogens with zero attached hydrogens (tertiary/aromatic N) is 2. The lowest BCUT2D eigenvalue weighted by molar-refractivity contribution is -0.384. The lowest BCUT2D eigenvalue weighted by atomic mass is 10.1. The molecule has 1 heterocycles. The number of Topliss-reactive ketones (excluding diaryl/α,β-unsaturated/α-hetero) is 1. The van der Waals surface area contributed by atoms with Gasteiger partial charge in [0.25, 0.3) is 5.69 Å². The van der Waals surface area contributed by atoms with E-state index >= 15 is 0 Å². The van der Waals surface area contributed by atoms with Gasteiger partial charge in [0.05, 0.1) is 11.3 Å². The van der Waals surface area contributed by atoms with Crippen molar-refractivity contribution in [3.8, 4) is 0 Å². The Hall–Kier alpha value is -3.09. The molecule has 0 bridgehead atoms. The number of hydrogen-bond donors (Lipinski definition) is 1. The molecule has 0 unspecified atom stereocenters.